The van der Waals surface area contributed by atoms with E-state index in [1.165, 1.54) is 18.2 Å². The number of nitrogens with one attached hydrogen (secondary N) is 1. The highest BCUT2D eigenvalue weighted by atomic mass is 19.1. The Morgan fingerprint density at radius 1 is 1.11 bits per heavy atom. The molecule has 4 nitrogen and oxygen atoms in total. The number of carbonyl (C=O) groups is 1. The molecule has 0 atom stereocenters. The lowest BCUT2D eigenvalue weighted by atomic mass is 9.76. The first-order chi connectivity index (χ1) is 12.8. The summed E-state index contributed by atoms with van der Waals surface area (Å²) in [6.07, 6.45) is 3.59. The van der Waals surface area contributed by atoms with Gasteiger partial charge in [0.05, 0.1) is 5.60 Å². The predicted molar refractivity (Wildman–Crippen MR) is 97.4 cm³/mol. The molecule has 1 amide bonds. The Morgan fingerprint density at radius 3 is 2.41 bits per heavy atom. The predicted octanol–water partition coefficient (Wildman–Crippen LogP) is 3.56. The third-order valence-electron chi connectivity index (χ3n) is 5.26. The fraction of sp³-hybridized carbons (Fsp3) is 0.381. The van der Waals surface area contributed by atoms with E-state index < -0.39 is 23.1 Å². The van der Waals surface area contributed by atoms with Crippen molar-refractivity contribution < 1.29 is 23.8 Å². The van der Waals surface area contributed by atoms with Crippen molar-refractivity contribution in [2.75, 3.05) is 6.54 Å². The number of rotatable bonds is 5. The van der Waals surface area contributed by atoms with Crippen LogP contribution in [0.2, 0.25) is 0 Å². The minimum absolute atomic E-state index is 0.0948. The summed E-state index contributed by atoms with van der Waals surface area (Å²) in [4.78, 5) is 12.1. The number of aliphatic hydroxyl groups is 1. The van der Waals surface area contributed by atoms with Crippen LogP contribution in [0.25, 0.3) is 0 Å². The topological polar surface area (TPSA) is 69.6 Å². The number of benzene rings is 2. The lowest BCUT2D eigenvalue weighted by molar-refractivity contribution is -0.00743. The first-order valence-corrected chi connectivity index (χ1v) is 9.08. The lowest BCUT2D eigenvalue weighted by Crippen LogP contribution is -2.45. The summed E-state index contributed by atoms with van der Waals surface area (Å²) in [5, 5.41) is 22.5. The SMILES string of the molecule is O=C(NC[C@]1(O)CC[C@H](Cc2ccc(F)cc2)CC1)c1ccc(O)c(F)c1. The van der Waals surface area contributed by atoms with Crippen molar-refractivity contribution in [1.82, 2.24) is 5.32 Å². The van der Waals surface area contributed by atoms with Crippen LogP contribution in [0.5, 0.6) is 5.75 Å². The van der Waals surface area contributed by atoms with E-state index in [9.17, 15) is 23.8 Å². The van der Waals surface area contributed by atoms with Crippen LogP contribution in [-0.2, 0) is 6.42 Å². The zero-order chi connectivity index (χ0) is 19.4. The summed E-state index contributed by atoms with van der Waals surface area (Å²) in [5.41, 5.74) is 0.193. The van der Waals surface area contributed by atoms with E-state index >= 15 is 0 Å². The second kappa shape index (κ2) is 8.05. The molecular weight excluding hydrogens is 352 g/mol. The number of phenols is 1. The first-order valence-electron chi connectivity index (χ1n) is 9.08. The molecule has 1 fully saturated rings. The molecule has 0 saturated heterocycles. The summed E-state index contributed by atoms with van der Waals surface area (Å²) in [5.74, 6) is -1.69. The quantitative estimate of drug-likeness (QED) is 0.748. The van der Waals surface area contributed by atoms with E-state index in [-0.39, 0.29) is 17.9 Å². The van der Waals surface area contributed by atoms with Crippen molar-refractivity contribution in [3.8, 4) is 5.75 Å². The average Bonchev–Trinajstić information content (AvgIpc) is 2.66. The average molecular weight is 375 g/mol. The molecule has 0 bridgehead atoms. The number of amides is 1. The Kier molecular flexibility index (Phi) is 5.75. The third kappa shape index (κ3) is 5.04. The van der Waals surface area contributed by atoms with E-state index in [0.29, 0.717) is 18.8 Å². The van der Waals surface area contributed by atoms with Crippen LogP contribution < -0.4 is 5.32 Å². The van der Waals surface area contributed by atoms with Crippen molar-refractivity contribution in [3.05, 3.63) is 65.2 Å². The van der Waals surface area contributed by atoms with Crippen LogP contribution >= 0.6 is 0 Å². The summed E-state index contributed by atoms with van der Waals surface area (Å²) in [6, 6.07) is 9.90. The Balaban J connectivity index is 1.49. The molecular formula is C21H23F2NO3. The molecule has 0 unspecified atom stereocenters. The molecule has 27 heavy (non-hydrogen) atoms. The van der Waals surface area contributed by atoms with Gasteiger partial charge >= 0.3 is 0 Å². The maximum absolute atomic E-state index is 13.4. The third-order valence-corrected chi connectivity index (χ3v) is 5.26. The van der Waals surface area contributed by atoms with Gasteiger partial charge in [-0.05, 0) is 73.9 Å². The van der Waals surface area contributed by atoms with E-state index in [1.54, 1.807) is 12.1 Å². The van der Waals surface area contributed by atoms with E-state index in [4.69, 9.17) is 0 Å². The standard InChI is InChI=1S/C21H23F2NO3/c22-17-4-1-14(2-5-17)11-15-7-9-21(27,10-8-15)13-24-20(26)16-3-6-19(25)18(23)12-16/h1-6,12,15,25,27H,7-11,13H2,(H,24,26)/t15-,21-. The lowest BCUT2D eigenvalue weighted by Gasteiger charge is -2.36. The molecule has 0 radical (unpaired) electrons. The maximum atomic E-state index is 13.4. The fourth-order valence-electron chi connectivity index (χ4n) is 3.54. The minimum Gasteiger partial charge on any atom is -0.505 e. The van der Waals surface area contributed by atoms with Crippen LogP contribution in [0.3, 0.4) is 0 Å². The maximum Gasteiger partial charge on any atom is 0.251 e. The summed E-state index contributed by atoms with van der Waals surface area (Å²) >= 11 is 0. The van der Waals surface area contributed by atoms with Gasteiger partial charge in [0.15, 0.2) is 11.6 Å². The molecule has 0 heterocycles. The number of halogens is 2. The van der Waals surface area contributed by atoms with E-state index in [1.807, 2.05) is 0 Å². The van der Waals surface area contributed by atoms with Crippen molar-refractivity contribution in [3.63, 3.8) is 0 Å². The Morgan fingerprint density at radius 2 is 1.78 bits per heavy atom. The van der Waals surface area contributed by atoms with Gasteiger partial charge in [0, 0.05) is 12.1 Å². The molecule has 1 aliphatic carbocycles. The molecule has 6 heteroatoms. The van der Waals surface area contributed by atoms with E-state index in [0.717, 1.165) is 37.0 Å². The molecule has 2 aromatic carbocycles. The van der Waals surface area contributed by atoms with Gasteiger partial charge in [-0.2, -0.15) is 0 Å². The Labute approximate surface area is 156 Å². The molecule has 144 valence electrons. The van der Waals surface area contributed by atoms with Crippen LogP contribution in [0.15, 0.2) is 42.5 Å². The van der Waals surface area contributed by atoms with Crippen LogP contribution in [-0.4, -0.2) is 28.3 Å². The Hall–Kier alpha value is -2.47. The summed E-state index contributed by atoms with van der Waals surface area (Å²) in [7, 11) is 0. The number of hydrogen-bond donors (Lipinski definition) is 3. The van der Waals surface area contributed by atoms with Crippen molar-refractivity contribution >= 4 is 5.91 Å². The monoisotopic (exact) mass is 375 g/mol. The number of hydrogen-bond acceptors (Lipinski definition) is 3. The van der Waals surface area contributed by atoms with Crippen LogP contribution in [0.1, 0.15) is 41.6 Å². The van der Waals surface area contributed by atoms with Gasteiger partial charge in [-0.25, -0.2) is 8.78 Å². The summed E-state index contributed by atoms with van der Waals surface area (Å²) < 4.78 is 26.3. The molecule has 1 aliphatic rings. The number of aromatic hydroxyl groups is 1. The first kappa shape index (κ1) is 19.3. The van der Waals surface area contributed by atoms with Crippen molar-refractivity contribution in [2.45, 2.75) is 37.7 Å². The van der Waals surface area contributed by atoms with Gasteiger partial charge in [0.2, 0.25) is 0 Å². The van der Waals surface area contributed by atoms with Crippen LogP contribution in [0, 0.1) is 17.6 Å². The zero-order valence-corrected chi connectivity index (χ0v) is 14.9. The molecule has 0 aromatic heterocycles. The molecule has 1 saturated carbocycles. The number of carbonyl (C=O) groups excluding carboxylic acids is 1. The van der Waals surface area contributed by atoms with Gasteiger partial charge in [-0.3, -0.25) is 4.79 Å². The second-order valence-corrected chi connectivity index (χ2v) is 7.35. The highest BCUT2D eigenvalue weighted by molar-refractivity contribution is 5.94. The fourth-order valence-corrected chi connectivity index (χ4v) is 3.54. The van der Waals surface area contributed by atoms with Crippen molar-refractivity contribution in [2.24, 2.45) is 5.92 Å². The van der Waals surface area contributed by atoms with Gasteiger partial charge in [-0.15, -0.1) is 0 Å². The van der Waals surface area contributed by atoms with Gasteiger partial charge < -0.3 is 15.5 Å². The highest BCUT2D eigenvalue weighted by Gasteiger charge is 2.33. The molecule has 3 rings (SSSR count). The van der Waals surface area contributed by atoms with Crippen LogP contribution in [0.4, 0.5) is 8.78 Å². The molecule has 2 aromatic rings. The summed E-state index contributed by atoms with van der Waals surface area (Å²) in [6.45, 7) is 0.0948. The smallest absolute Gasteiger partial charge is 0.251 e. The van der Waals surface area contributed by atoms with Gasteiger partial charge in [0.1, 0.15) is 5.82 Å². The minimum atomic E-state index is -0.982. The second-order valence-electron chi connectivity index (χ2n) is 7.35. The van der Waals surface area contributed by atoms with Gasteiger partial charge in [0.25, 0.3) is 5.91 Å². The zero-order valence-electron chi connectivity index (χ0n) is 14.9. The molecule has 3 N–H and O–H groups in total. The van der Waals surface area contributed by atoms with Gasteiger partial charge in [-0.1, -0.05) is 12.1 Å². The molecule has 0 spiro atoms. The van der Waals surface area contributed by atoms with Crippen molar-refractivity contribution in [1.29, 1.82) is 0 Å². The van der Waals surface area contributed by atoms with E-state index in [2.05, 4.69) is 5.32 Å². The molecule has 0 aliphatic heterocycles. The highest BCUT2D eigenvalue weighted by Crippen LogP contribution is 2.33. The Bertz CT molecular complexity index is 800. The normalized spacial score (nSPS) is 22.4. The number of phenolic OH excluding ortho intramolecular Hbond substituents is 1. The largest absolute Gasteiger partial charge is 0.505 e.